The first-order valence-electron chi connectivity index (χ1n) is 7.27. The fourth-order valence-corrected chi connectivity index (χ4v) is 2.20. The van der Waals surface area contributed by atoms with Gasteiger partial charge in [0.1, 0.15) is 0 Å². The number of benzene rings is 1. The van der Waals surface area contributed by atoms with Gasteiger partial charge >= 0.3 is 0 Å². The Bertz CT molecular complexity index is 393. The second-order valence-electron chi connectivity index (χ2n) is 5.31. The lowest BCUT2D eigenvalue weighted by atomic mass is 10.0. The van der Waals surface area contributed by atoms with Gasteiger partial charge < -0.3 is 15.7 Å². The van der Waals surface area contributed by atoms with Gasteiger partial charge in [0.25, 0.3) is 0 Å². The summed E-state index contributed by atoms with van der Waals surface area (Å²) in [5.41, 5.74) is 7.17. The van der Waals surface area contributed by atoms with E-state index in [2.05, 4.69) is 0 Å². The average molecular weight is 278 g/mol. The van der Waals surface area contributed by atoms with Crippen molar-refractivity contribution in [2.45, 2.75) is 45.2 Å². The fraction of sp³-hybridized carbons (Fsp3) is 0.562. The molecule has 1 amide bonds. The molecule has 1 aromatic carbocycles. The predicted octanol–water partition coefficient (Wildman–Crippen LogP) is 2.09. The number of hydrogen-bond acceptors (Lipinski definition) is 3. The Balaban J connectivity index is 2.48. The van der Waals surface area contributed by atoms with Crippen LogP contribution in [0.5, 0.6) is 0 Å². The third-order valence-electron chi connectivity index (χ3n) is 3.40. The van der Waals surface area contributed by atoms with Crippen molar-refractivity contribution in [3.63, 3.8) is 0 Å². The lowest BCUT2D eigenvalue weighted by molar-refractivity contribution is -0.133. The molecule has 4 nitrogen and oxygen atoms in total. The highest BCUT2D eigenvalue weighted by atomic mass is 16.3. The molecular formula is C16H26N2O2. The quantitative estimate of drug-likeness (QED) is 0.765. The lowest BCUT2D eigenvalue weighted by Gasteiger charge is -2.27. The molecule has 4 heteroatoms. The number of amides is 1. The van der Waals surface area contributed by atoms with Crippen molar-refractivity contribution < 1.29 is 9.90 Å². The first-order chi connectivity index (χ1) is 9.56. The van der Waals surface area contributed by atoms with E-state index in [1.54, 1.807) is 0 Å². The van der Waals surface area contributed by atoms with Crippen LogP contribution >= 0.6 is 0 Å². The van der Waals surface area contributed by atoms with Crippen LogP contribution in [0.3, 0.4) is 0 Å². The summed E-state index contributed by atoms with van der Waals surface area (Å²) in [5.74, 6) is 0.111. The summed E-state index contributed by atoms with van der Waals surface area (Å²) < 4.78 is 0. The first-order valence-corrected chi connectivity index (χ1v) is 7.27. The summed E-state index contributed by atoms with van der Waals surface area (Å²) in [6.07, 6.45) is 1.71. The second-order valence-corrected chi connectivity index (χ2v) is 5.31. The smallest absolute Gasteiger partial charge is 0.222 e. The average Bonchev–Trinajstić information content (AvgIpc) is 2.45. The highest BCUT2D eigenvalue weighted by Crippen LogP contribution is 2.16. The SMILES string of the molecule is CC(C)N(CCCO)C(=O)CCC(N)c1ccccc1. The Kier molecular flexibility index (Phi) is 7.26. The van der Waals surface area contributed by atoms with Gasteiger partial charge in [-0.3, -0.25) is 4.79 Å². The van der Waals surface area contributed by atoms with Crippen LogP contribution in [0.1, 0.15) is 44.7 Å². The Morgan fingerprint density at radius 3 is 2.50 bits per heavy atom. The number of aliphatic hydroxyl groups excluding tert-OH is 1. The maximum absolute atomic E-state index is 12.2. The monoisotopic (exact) mass is 278 g/mol. The van der Waals surface area contributed by atoms with Crippen LogP contribution in [0, 0.1) is 0 Å². The molecule has 0 aliphatic carbocycles. The van der Waals surface area contributed by atoms with E-state index in [-0.39, 0.29) is 24.6 Å². The number of carbonyl (C=O) groups is 1. The topological polar surface area (TPSA) is 66.6 Å². The minimum Gasteiger partial charge on any atom is -0.396 e. The van der Waals surface area contributed by atoms with Crippen molar-refractivity contribution in [2.75, 3.05) is 13.2 Å². The van der Waals surface area contributed by atoms with Crippen LogP contribution < -0.4 is 5.73 Å². The van der Waals surface area contributed by atoms with Gasteiger partial charge in [-0.05, 0) is 32.3 Å². The zero-order valence-electron chi connectivity index (χ0n) is 12.5. The molecule has 0 saturated carbocycles. The summed E-state index contributed by atoms with van der Waals surface area (Å²) in [4.78, 5) is 14.0. The van der Waals surface area contributed by atoms with E-state index in [0.717, 1.165) is 5.56 Å². The highest BCUT2D eigenvalue weighted by molar-refractivity contribution is 5.76. The molecule has 0 aliphatic rings. The number of carbonyl (C=O) groups excluding carboxylic acids is 1. The molecule has 112 valence electrons. The molecule has 0 spiro atoms. The largest absolute Gasteiger partial charge is 0.396 e. The molecule has 1 atom stereocenters. The molecule has 1 rings (SSSR count). The maximum Gasteiger partial charge on any atom is 0.222 e. The molecule has 0 saturated heterocycles. The Morgan fingerprint density at radius 1 is 1.30 bits per heavy atom. The van der Waals surface area contributed by atoms with E-state index in [0.29, 0.717) is 25.8 Å². The first kappa shape index (κ1) is 16.7. The minimum atomic E-state index is -0.105. The maximum atomic E-state index is 12.2. The van der Waals surface area contributed by atoms with E-state index in [9.17, 15) is 4.79 Å². The number of rotatable bonds is 8. The summed E-state index contributed by atoms with van der Waals surface area (Å²) in [5, 5.41) is 8.89. The zero-order valence-corrected chi connectivity index (χ0v) is 12.5. The molecule has 0 aliphatic heterocycles. The highest BCUT2D eigenvalue weighted by Gasteiger charge is 2.17. The Hall–Kier alpha value is -1.39. The van der Waals surface area contributed by atoms with Crippen LogP contribution in [-0.4, -0.2) is 35.1 Å². The number of hydrogen-bond donors (Lipinski definition) is 2. The summed E-state index contributed by atoms with van der Waals surface area (Å²) >= 11 is 0. The molecule has 1 aromatic rings. The van der Waals surface area contributed by atoms with Gasteiger partial charge in [0.15, 0.2) is 0 Å². The molecule has 3 N–H and O–H groups in total. The van der Waals surface area contributed by atoms with Gasteiger partial charge in [-0.25, -0.2) is 0 Å². The van der Waals surface area contributed by atoms with Gasteiger partial charge in [0, 0.05) is 31.7 Å². The van der Waals surface area contributed by atoms with Crippen LogP contribution in [0.25, 0.3) is 0 Å². The minimum absolute atomic E-state index is 0.105. The van der Waals surface area contributed by atoms with E-state index in [1.165, 1.54) is 0 Å². The van der Waals surface area contributed by atoms with Gasteiger partial charge in [-0.15, -0.1) is 0 Å². The fourth-order valence-electron chi connectivity index (χ4n) is 2.20. The van der Waals surface area contributed by atoms with Crippen LogP contribution in [0.4, 0.5) is 0 Å². The van der Waals surface area contributed by atoms with Gasteiger partial charge in [-0.1, -0.05) is 30.3 Å². The molecule has 20 heavy (non-hydrogen) atoms. The Labute approximate surface area is 121 Å². The molecule has 0 bridgehead atoms. The third kappa shape index (κ3) is 5.31. The second kappa shape index (κ2) is 8.72. The van der Waals surface area contributed by atoms with Gasteiger partial charge in [0.2, 0.25) is 5.91 Å². The molecule has 0 heterocycles. The predicted molar refractivity (Wildman–Crippen MR) is 81.2 cm³/mol. The van der Waals surface area contributed by atoms with Crippen molar-refractivity contribution in [2.24, 2.45) is 5.73 Å². The molecular weight excluding hydrogens is 252 g/mol. The third-order valence-corrected chi connectivity index (χ3v) is 3.40. The summed E-state index contributed by atoms with van der Waals surface area (Å²) in [7, 11) is 0. The van der Waals surface area contributed by atoms with E-state index in [1.807, 2.05) is 49.1 Å². The van der Waals surface area contributed by atoms with E-state index < -0.39 is 0 Å². The normalized spacial score (nSPS) is 12.4. The van der Waals surface area contributed by atoms with Gasteiger partial charge in [-0.2, -0.15) is 0 Å². The molecule has 0 aromatic heterocycles. The van der Waals surface area contributed by atoms with Crippen molar-refractivity contribution in [3.05, 3.63) is 35.9 Å². The van der Waals surface area contributed by atoms with E-state index in [4.69, 9.17) is 10.8 Å². The lowest BCUT2D eigenvalue weighted by Crippen LogP contribution is -2.38. The zero-order chi connectivity index (χ0) is 15.0. The number of nitrogens with zero attached hydrogens (tertiary/aromatic N) is 1. The van der Waals surface area contributed by atoms with Crippen molar-refractivity contribution >= 4 is 5.91 Å². The Morgan fingerprint density at radius 2 is 1.95 bits per heavy atom. The van der Waals surface area contributed by atoms with Crippen molar-refractivity contribution in [1.29, 1.82) is 0 Å². The van der Waals surface area contributed by atoms with Crippen LogP contribution in [0.2, 0.25) is 0 Å². The number of nitrogens with two attached hydrogens (primary N) is 1. The van der Waals surface area contributed by atoms with Crippen LogP contribution in [0.15, 0.2) is 30.3 Å². The molecule has 0 fully saturated rings. The summed E-state index contributed by atoms with van der Waals surface area (Å²) in [6, 6.07) is 9.89. The van der Waals surface area contributed by atoms with Crippen molar-refractivity contribution in [3.8, 4) is 0 Å². The summed E-state index contributed by atoms with van der Waals surface area (Å²) in [6.45, 7) is 4.70. The van der Waals surface area contributed by atoms with Crippen LogP contribution in [-0.2, 0) is 4.79 Å². The van der Waals surface area contributed by atoms with Crippen molar-refractivity contribution in [1.82, 2.24) is 4.90 Å². The van der Waals surface area contributed by atoms with Gasteiger partial charge in [0.05, 0.1) is 0 Å². The molecule has 0 radical (unpaired) electrons. The van der Waals surface area contributed by atoms with E-state index >= 15 is 0 Å². The molecule has 1 unspecified atom stereocenters. The standard InChI is InChI=1S/C16H26N2O2/c1-13(2)18(11-6-12-19)16(20)10-9-15(17)14-7-4-3-5-8-14/h3-5,7-8,13,15,19H,6,9-12,17H2,1-2H3. The number of aliphatic hydroxyl groups is 1.